The number of ether oxygens (including phenoxy) is 1. The van der Waals surface area contributed by atoms with Crippen molar-refractivity contribution in [3.63, 3.8) is 0 Å². The fourth-order valence-electron chi connectivity index (χ4n) is 4.71. The maximum Gasteiger partial charge on any atom is 0.331 e. The molecule has 0 saturated heterocycles. The van der Waals surface area contributed by atoms with E-state index in [0.717, 1.165) is 6.42 Å². The molecule has 2 fully saturated rings. The third kappa shape index (κ3) is 1.57. The van der Waals surface area contributed by atoms with Crippen LogP contribution in [0.4, 0.5) is 0 Å². The van der Waals surface area contributed by atoms with Crippen LogP contribution in [0.2, 0.25) is 0 Å². The molecular weight excluding hydrogens is 256 g/mol. The van der Waals surface area contributed by atoms with Crippen molar-refractivity contribution in [2.75, 3.05) is 0 Å². The molecule has 4 atom stereocenters. The van der Waals surface area contributed by atoms with Crippen LogP contribution >= 0.6 is 0 Å². The number of ketones is 1. The van der Waals surface area contributed by atoms with Gasteiger partial charge in [-0.05, 0) is 30.3 Å². The van der Waals surface area contributed by atoms with E-state index >= 15 is 0 Å². The Balaban J connectivity index is 2.14. The van der Waals surface area contributed by atoms with Crippen molar-refractivity contribution >= 4 is 11.8 Å². The van der Waals surface area contributed by atoms with Gasteiger partial charge in [-0.2, -0.15) is 0 Å². The van der Waals surface area contributed by atoms with Gasteiger partial charge in [0.25, 0.3) is 0 Å². The largest absolute Gasteiger partial charge is 0.450 e. The summed E-state index contributed by atoms with van der Waals surface area (Å²) in [5, 5.41) is 10.7. The first-order valence-corrected chi connectivity index (χ1v) is 7.33. The topological polar surface area (TPSA) is 63.6 Å². The quantitative estimate of drug-likeness (QED) is 0.688. The van der Waals surface area contributed by atoms with Crippen molar-refractivity contribution < 1.29 is 19.4 Å². The molecule has 0 amide bonds. The molecule has 0 aromatic heterocycles. The Morgan fingerprint density at radius 2 is 2.00 bits per heavy atom. The van der Waals surface area contributed by atoms with E-state index in [0.29, 0.717) is 12.8 Å². The van der Waals surface area contributed by atoms with E-state index in [-0.39, 0.29) is 23.5 Å². The summed E-state index contributed by atoms with van der Waals surface area (Å²) < 4.78 is 5.57. The van der Waals surface area contributed by atoms with Gasteiger partial charge in [-0.1, -0.05) is 20.8 Å². The predicted octanol–water partition coefficient (Wildman–Crippen LogP) is 2.00. The molecule has 20 heavy (non-hydrogen) atoms. The number of fused-ring (bicyclic) bond motifs is 2. The number of aliphatic hydroxyl groups is 1. The lowest BCUT2D eigenvalue weighted by Crippen LogP contribution is -2.65. The number of carbonyl (C=O) groups excluding carboxylic acids is 2. The molecule has 0 aromatic rings. The molecule has 1 N–H and O–H groups in total. The Morgan fingerprint density at radius 1 is 1.30 bits per heavy atom. The molecule has 110 valence electrons. The van der Waals surface area contributed by atoms with Crippen LogP contribution in [0.5, 0.6) is 0 Å². The van der Waals surface area contributed by atoms with E-state index < -0.39 is 23.1 Å². The van der Waals surface area contributed by atoms with Gasteiger partial charge in [0.05, 0.1) is 12.5 Å². The van der Waals surface area contributed by atoms with E-state index in [1.165, 1.54) is 6.08 Å². The molecule has 3 aliphatic rings. The highest BCUT2D eigenvalue weighted by molar-refractivity contribution is 5.89. The van der Waals surface area contributed by atoms with Crippen LogP contribution in [0.25, 0.3) is 0 Å². The summed E-state index contributed by atoms with van der Waals surface area (Å²) in [6, 6.07) is 0. The maximum atomic E-state index is 12.2. The highest BCUT2D eigenvalue weighted by Crippen LogP contribution is 2.62. The summed E-state index contributed by atoms with van der Waals surface area (Å²) in [5.74, 6) is -0.264. The zero-order chi connectivity index (χ0) is 14.8. The molecule has 2 aliphatic carbocycles. The average molecular weight is 278 g/mol. The lowest BCUT2D eigenvalue weighted by Gasteiger charge is -2.61. The number of Topliss-reactive ketones (excluding diaryl/α,β-unsaturated/α-hetero) is 1. The van der Waals surface area contributed by atoms with E-state index in [9.17, 15) is 14.7 Å². The lowest BCUT2D eigenvalue weighted by atomic mass is 9.45. The second kappa shape index (κ2) is 3.94. The van der Waals surface area contributed by atoms with Gasteiger partial charge in [0.15, 0.2) is 0 Å². The molecule has 0 radical (unpaired) electrons. The number of aliphatic hydroxyl groups excluding tert-OH is 1. The molecule has 1 aliphatic heterocycles. The van der Waals surface area contributed by atoms with Crippen LogP contribution in [-0.4, -0.2) is 28.6 Å². The number of rotatable bonds is 0. The van der Waals surface area contributed by atoms with E-state index in [1.54, 1.807) is 6.08 Å². The lowest BCUT2D eigenvalue weighted by molar-refractivity contribution is -0.217. The van der Waals surface area contributed by atoms with Gasteiger partial charge in [0.1, 0.15) is 11.4 Å². The van der Waals surface area contributed by atoms with E-state index in [1.807, 2.05) is 6.92 Å². The summed E-state index contributed by atoms with van der Waals surface area (Å²) in [7, 11) is 0. The third-order valence-electron chi connectivity index (χ3n) is 6.00. The monoisotopic (exact) mass is 278 g/mol. The average Bonchev–Trinajstić information content (AvgIpc) is 2.72. The van der Waals surface area contributed by atoms with Crippen LogP contribution in [-0.2, 0) is 14.3 Å². The zero-order valence-corrected chi connectivity index (χ0v) is 12.3. The van der Waals surface area contributed by atoms with Crippen molar-refractivity contribution in [1.29, 1.82) is 0 Å². The van der Waals surface area contributed by atoms with Crippen molar-refractivity contribution in [3.8, 4) is 0 Å². The number of carbonyl (C=O) groups is 2. The third-order valence-corrected chi connectivity index (χ3v) is 6.00. The smallest absolute Gasteiger partial charge is 0.331 e. The SMILES string of the molecule is CC1(C)CC[C@@H](O)[C@@]2(C)[C@H]1CC(=O)C[C@]21C=CC(=O)O1. The molecule has 0 unspecified atom stereocenters. The van der Waals surface area contributed by atoms with Crippen LogP contribution in [0.15, 0.2) is 12.2 Å². The Labute approximate surface area is 119 Å². The van der Waals surface area contributed by atoms with E-state index in [2.05, 4.69) is 13.8 Å². The first-order chi connectivity index (χ1) is 9.21. The Morgan fingerprint density at radius 3 is 2.60 bits per heavy atom. The number of esters is 1. The van der Waals surface area contributed by atoms with Gasteiger partial charge < -0.3 is 9.84 Å². The molecule has 4 nitrogen and oxygen atoms in total. The van der Waals surface area contributed by atoms with Crippen molar-refractivity contribution in [2.45, 2.75) is 58.2 Å². The van der Waals surface area contributed by atoms with Crippen LogP contribution < -0.4 is 0 Å². The standard InChI is InChI=1S/C16H22O4/c1-14(2)6-4-12(18)15(3)11(14)8-10(17)9-16(15)7-5-13(19)20-16/h5,7,11-12,18H,4,6,8-9H2,1-3H3/t11-,12+,15+,16+/m0/s1. The van der Waals surface area contributed by atoms with Crippen LogP contribution in [0.3, 0.4) is 0 Å². The molecular formula is C16H22O4. The second-order valence-corrected chi connectivity index (χ2v) is 7.44. The highest BCUT2D eigenvalue weighted by Gasteiger charge is 2.67. The molecule has 0 aromatic carbocycles. The summed E-state index contributed by atoms with van der Waals surface area (Å²) in [5.41, 5.74) is -1.59. The second-order valence-electron chi connectivity index (χ2n) is 7.44. The van der Waals surface area contributed by atoms with E-state index in [4.69, 9.17) is 4.74 Å². The number of hydrogen-bond donors (Lipinski definition) is 1. The van der Waals surface area contributed by atoms with Crippen molar-refractivity contribution in [3.05, 3.63) is 12.2 Å². The predicted molar refractivity (Wildman–Crippen MR) is 72.8 cm³/mol. The Bertz CT molecular complexity index is 507. The molecule has 0 bridgehead atoms. The maximum absolute atomic E-state index is 12.2. The summed E-state index contributed by atoms with van der Waals surface area (Å²) in [6.45, 7) is 6.28. The van der Waals surface area contributed by atoms with Crippen molar-refractivity contribution in [2.24, 2.45) is 16.7 Å². The first-order valence-electron chi connectivity index (χ1n) is 7.33. The minimum Gasteiger partial charge on any atom is -0.450 e. The van der Waals surface area contributed by atoms with Crippen LogP contribution in [0.1, 0.15) is 46.5 Å². The first kappa shape index (κ1) is 13.8. The molecule has 1 heterocycles. The van der Waals surface area contributed by atoms with Crippen molar-refractivity contribution in [1.82, 2.24) is 0 Å². The summed E-state index contributed by atoms with van der Waals surface area (Å²) in [4.78, 5) is 23.8. The minimum absolute atomic E-state index is 0.0237. The van der Waals surface area contributed by atoms with Gasteiger partial charge in [0, 0.05) is 17.9 Å². The fourth-order valence-corrected chi connectivity index (χ4v) is 4.71. The Hall–Kier alpha value is -1.16. The molecule has 3 rings (SSSR count). The normalized spacial score (nSPS) is 46.4. The summed E-state index contributed by atoms with van der Waals surface area (Å²) in [6.07, 6.45) is 4.78. The van der Waals surface area contributed by atoms with Gasteiger partial charge >= 0.3 is 5.97 Å². The molecule has 1 spiro atoms. The number of hydrogen-bond acceptors (Lipinski definition) is 4. The minimum atomic E-state index is -0.957. The summed E-state index contributed by atoms with van der Waals surface area (Å²) >= 11 is 0. The zero-order valence-electron chi connectivity index (χ0n) is 12.3. The van der Waals surface area contributed by atoms with Gasteiger partial charge in [-0.25, -0.2) is 4.79 Å². The molecule has 4 heteroatoms. The van der Waals surface area contributed by atoms with Gasteiger partial charge in [-0.15, -0.1) is 0 Å². The molecule has 2 saturated carbocycles. The van der Waals surface area contributed by atoms with Gasteiger partial charge in [-0.3, -0.25) is 4.79 Å². The van der Waals surface area contributed by atoms with Gasteiger partial charge in [0.2, 0.25) is 0 Å². The fraction of sp³-hybridized carbons (Fsp3) is 0.750. The highest BCUT2D eigenvalue weighted by atomic mass is 16.6. The Kier molecular flexibility index (Phi) is 2.72. The van der Waals surface area contributed by atoms with Crippen LogP contribution in [0, 0.1) is 16.7 Å².